The van der Waals surface area contributed by atoms with Crippen LogP contribution in [0.4, 0.5) is 4.39 Å². The highest BCUT2D eigenvalue weighted by atomic mass is 19.1. The molecule has 0 bridgehead atoms. The number of carboxylic acid groups (broad SMARTS) is 1. The first kappa shape index (κ1) is 23.3. The maximum Gasteiger partial charge on any atom is 0.339 e. The van der Waals surface area contributed by atoms with E-state index in [2.05, 4.69) is 15.7 Å². The zero-order chi connectivity index (χ0) is 23.4. The average molecular weight is 455 g/mol. The predicted octanol–water partition coefficient (Wildman–Crippen LogP) is 4.90. The predicted molar refractivity (Wildman–Crippen MR) is 126 cm³/mol. The summed E-state index contributed by atoms with van der Waals surface area (Å²) in [5.41, 5.74) is 3.36. The molecule has 0 saturated carbocycles. The number of aromatic carboxylic acids is 1. The number of ether oxygens (including phenoxy) is 2. The number of fused-ring (bicyclic) bond motifs is 1. The van der Waals surface area contributed by atoms with Gasteiger partial charge >= 0.3 is 5.97 Å². The molecule has 0 spiro atoms. The summed E-state index contributed by atoms with van der Waals surface area (Å²) in [6.45, 7) is 6.50. The average Bonchev–Trinajstić information content (AvgIpc) is 3.17. The minimum absolute atomic E-state index is 0.192. The van der Waals surface area contributed by atoms with Crippen molar-refractivity contribution in [3.05, 3.63) is 65.1 Å². The van der Waals surface area contributed by atoms with Crippen LogP contribution in [0.25, 0.3) is 10.9 Å². The fourth-order valence-corrected chi connectivity index (χ4v) is 4.79. The quantitative estimate of drug-likeness (QED) is 0.466. The van der Waals surface area contributed by atoms with E-state index in [1.807, 2.05) is 19.1 Å². The molecule has 7 heteroatoms. The van der Waals surface area contributed by atoms with Gasteiger partial charge in [0.25, 0.3) is 0 Å². The first-order valence-electron chi connectivity index (χ1n) is 11.5. The van der Waals surface area contributed by atoms with Gasteiger partial charge in [-0.1, -0.05) is 6.07 Å². The second-order valence-electron chi connectivity index (χ2n) is 8.53. The molecule has 33 heavy (non-hydrogen) atoms. The van der Waals surface area contributed by atoms with Gasteiger partial charge in [-0.2, -0.15) is 0 Å². The number of likely N-dealkylation sites (tertiary alicyclic amines) is 1. The van der Waals surface area contributed by atoms with Gasteiger partial charge in [-0.25, -0.2) is 9.18 Å². The fraction of sp³-hybridized carbons (Fsp3) is 0.423. The molecule has 1 saturated heterocycles. The summed E-state index contributed by atoms with van der Waals surface area (Å²) in [5, 5.41) is 10.6. The van der Waals surface area contributed by atoms with Gasteiger partial charge in [-0.3, -0.25) is 4.90 Å². The maximum atomic E-state index is 13.9. The Morgan fingerprint density at radius 2 is 1.97 bits per heavy atom. The van der Waals surface area contributed by atoms with Crippen molar-refractivity contribution in [1.82, 2.24) is 9.47 Å². The third-order valence-electron chi connectivity index (χ3n) is 6.48. The zero-order valence-corrected chi connectivity index (χ0v) is 19.2. The number of piperidine rings is 1. The Morgan fingerprint density at radius 1 is 1.18 bits per heavy atom. The molecule has 1 aliphatic rings. The number of hydrogen-bond donors (Lipinski definition) is 1. The van der Waals surface area contributed by atoms with E-state index in [-0.39, 0.29) is 11.4 Å². The molecule has 0 atom stereocenters. The van der Waals surface area contributed by atoms with E-state index >= 15 is 0 Å². The molecule has 2 heterocycles. The number of benzene rings is 2. The van der Waals surface area contributed by atoms with Crippen LogP contribution in [0.5, 0.6) is 5.75 Å². The number of carbonyl (C=O) groups is 1. The second-order valence-corrected chi connectivity index (χ2v) is 8.53. The lowest BCUT2D eigenvalue weighted by Gasteiger charge is -2.32. The van der Waals surface area contributed by atoms with Crippen molar-refractivity contribution in [3.63, 3.8) is 0 Å². The summed E-state index contributed by atoms with van der Waals surface area (Å²) >= 11 is 0. The molecule has 6 nitrogen and oxygen atoms in total. The lowest BCUT2D eigenvalue weighted by Crippen LogP contribution is -2.32. The molecule has 0 radical (unpaired) electrons. The first-order valence-corrected chi connectivity index (χ1v) is 11.5. The SMILES string of the molecule is CCOCCn1cc(C2CCN(Cc3ccc(OC)c(C(=O)O)c3)CC2)c2ccc(F)cc21. The Hall–Kier alpha value is -2.90. The van der Waals surface area contributed by atoms with Crippen LogP contribution in [0.1, 0.15) is 47.2 Å². The minimum Gasteiger partial charge on any atom is -0.496 e. The highest BCUT2D eigenvalue weighted by Crippen LogP contribution is 2.35. The zero-order valence-electron chi connectivity index (χ0n) is 19.2. The molecule has 176 valence electrons. The largest absolute Gasteiger partial charge is 0.496 e. The fourth-order valence-electron chi connectivity index (χ4n) is 4.79. The summed E-state index contributed by atoms with van der Waals surface area (Å²) in [6.07, 6.45) is 4.18. The van der Waals surface area contributed by atoms with E-state index in [9.17, 15) is 14.3 Å². The van der Waals surface area contributed by atoms with E-state index in [0.717, 1.165) is 42.4 Å². The number of aromatic nitrogens is 1. The summed E-state index contributed by atoms with van der Waals surface area (Å²) in [7, 11) is 1.48. The number of halogens is 1. The van der Waals surface area contributed by atoms with Crippen LogP contribution in [0, 0.1) is 5.82 Å². The van der Waals surface area contributed by atoms with Crippen molar-refractivity contribution in [2.24, 2.45) is 0 Å². The van der Waals surface area contributed by atoms with Gasteiger partial charge in [0.2, 0.25) is 0 Å². The topological polar surface area (TPSA) is 63.9 Å². The molecule has 0 amide bonds. The molecule has 2 aromatic carbocycles. The van der Waals surface area contributed by atoms with Crippen LogP contribution in [0.3, 0.4) is 0 Å². The molecule has 1 aliphatic heterocycles. The molecular formula is C26H31FN2O4. The van der Waals surface area contributed by atoms with Crippen molar-refractivity contribution >= 4 is 16.9 Å². The van der Waals surface area contributed by atoms with Crippen LogP contribution in [0.15, 0.2) is 42.6 Å². The minimum atomic E-state index is -0.982. The number of rotatable bonds is 9. The molecule has 4 rings (SSSR count). The van der Waals surface area contributed by atoms with Gasteiger partial charge in [0.05, 0.1) is 19.2 Å². The monoisotopic (exact) mass is 454 g/mol. The first-order chi connectivity index (χ1) is 16.0. The van der Waals surface area contributed by atoms with Crippen LogP contribution in [0.2, 0.25) is 0 Å². The molecular weight excluding hydrogens is 423 g/mol. The van der Waals surface area contributed by atoms with Gasteiger partial charge in [-0.15, -0.1) is 0 Å². The molecule has 3 aromatic rings. The Kier molecular flexibility index (Phi) is 7.30. The van der Waals surface area contributed by atoms with Crippen molar-refractivity contribution in [2.75, 3.05) is 33.4 Å². The lowest BCUT2D eigenvalue weighted by atomic mass is 9.89. The molecule has 0 aliphatic carbocycles. The van der Waals surface area contributed by atoms with Crippen LogP contribution >= 0.6 is 0 Å². The molecule has 1 N–H and O–H groups in total. The highest BCUT2D eigenvalue weighted by molar-refractivity contribution is 5.91. The van der Waals surface area contributed by atoms with Gasteiger partial charge in [0.15, 0.2) is 0 Å². The third kappa shape index (κ3) is 5.20. The molecule has 1 fully saturated rings. The smallest absolute Gasteiger partial charge is 0.339 e. The van der Waals surface area contributed by atoms with Gasteiger partial charge in [-0.05, 0) is 80.2 Å². The Morgan fingerprint density at radius 3 is 2.67 bits per heavy atom. The third-order valence-corrected chi connectivity index (χ3v) is 6.48. The van der Waals surface area contributed by atoms with E-state index in [4.69, 9.17) is 9.47 Å². The summed E-state index contributed by atoms with van der Waals surface area (Å²) in [6, 6.07) is 10.4. The normalized spacial score (nSPS) is 15.2. The Labute approximate surface area is 193 Å². The lowest BCUT2D eigenvalue weighted by molar-refractivity contribution is 0.0693. The van der Waals surface area contributed by atoms with Crippen molar-refractivity contribution in [1.29, 1.82) is 0 Å². The van der Waals surface area contributed by atoms with Crippen molar-refractivity contribution < 1.29 is 23.8 Å². The molecule has 0 unspecified atom stereocenters. The van der Waals surface area contributed by atoms with E-state index < -0.39 is 5.97 Å². The van der Waals surface area contributed by atoms with Crippen molar-refractivity contribution in [2.45, 2.75) is 38.8 Å². The summed E-state index contributed by atoms with van der Waals surface area (Å²) < 4.78 is 26.7. The number of hydrogen-bond acceptors (Lipinski definition) is 4. The van der Waals surface area contributed by atoms with Crippen molar-refractivity contribution in [3.8, 4) is 5.75 Å². The second kappa shape index (κ2) is 10.4. The van der Waals surface area contributed by atoms with E-state index in [0.29, 0.717) is 38.0 Å². The standard InChI is InChI=1S/C26H31FN2O4/c1-3-33-13-12-29-17-23(21-6-5-20(27)15-24(21)29)19-8-10-28(11-9-19)16-18-4-7-25(32-2)22(14-18)26(30)31/h4-7,14-15,17,19H,3,8-13,16H2,1-2H3,(H,30,31). The highest BCUT2D eigenvalue weighted by Gasteiger charge is 2.24. The van der Waals surface area contributed by atoms with Crippen LogP contribution in [-0.4, -0.2) is 54.0 Å². The number of nitrogens with zero attached hydrogens (tertiary/aromatic N) is 2. The number of methoxy groups -OCH3 is 1. The van der Waals surface area contributed by atoms with Gasteiger partial charge < -0.3 is 19.1 Å². The van der Waals surface area contributed by atoms with Crippen LogP contribution < -0.4 is 4.74 Å². The number of carboxylic acids is 1. The summed E-state index contributed by atoms with van der Waals surface area (Å²) in [5.74, 6) is -0.417. The van der Waals surface area contributed by atoms with Gasteiger partial charge in [0.1, 0.15) is 17.1 Å². The van der Waals surface area contributed by atoms with E-state index in [1.165, 1.54) is 18.7 Å². The maximum absolute atomic E-state index is 13.9. The van der Waals surface area contributed by atoms with Gasteiger partial charge in [0, 0.05) is 31.3 Å². The Bertz CT molecular complexity index is 1120. The Balaban J connectivity index is 1.46. The molecule has 1 aromatic heterocycles. The van der Waals surface area contributed by atoms with E-state index in [1.54, 1.807) is 18.2 Å². The van der Waals surface area contributed by atoms with Crippen LogP contribution in [-0.2, 0) is 17.8 Å². The summed E-state index contributed by atoms with van der Waals surface area (Å²) in [4.78, 5) is 13.9.